The van der Waals surface area contributed by atoms with Crippen LogP contribution in [0, 0.1) is 0 Å². The second-order valence-electron chi connectivity index (χ2n) is 3.68. The van der Waals surface area contributed by atoms with Gasteiger partial charge in [0.05, 0.1) is 7.11 Å². The standard InChI is InChI=1S/C10H11N3O4S/c1-17-9(16)6-4-18-10(12-6)11-5-2-3-7(14)13-8(5)15/h4-5H,2-3H2,1H3,(H,11,12)(H,13,14,15). The highest BCUT2D eigenvalue weighted by atomic mass is 32.1. The van der Waals surface area contributed by atoms with Gasteiger partial charge in [-0.05, 0) is 6.42 Å². The Morgan fingerprint density at radius 2 is 2.39 bits per heavy atom. The predicted molar refractivity (Wildman–Crippen MR) is 63.2 cm³/mol. The first-order chi connectivity index (χ1) is 8.60. The number of hydrogen-bond acceptors (Lipinski definition) is 7. The van der Waals surface area contributed by atoms with Gasteiger partial charge in [0.1, 0.15) is 6.04 Å². The predicted octanol–water partition coefficient (Wildman–Crippen LogP) is 0.147. The maximum Gasteiger partial charge on any atom is 0.357 e. The zero-order chi connectivity index (χ0) is 13.1. The Balaban J connectivity index is 2.01. The van der Waals surface area contributed by atoms with Crippen LogP contribution in [0.15, 0.2) is 5.38 Å². The molecule has 0 spiro atoms. The summed E-state index contributed by atoms with van der Waals surface area (Å²) in [6.45, 7) is 0. The van der Waals surface area contributed by atoms with Gasteiger partial charge >= 0.3 is 5.97 Å². The number of methoxy groups -OCH3 is 1. The summed E-state index contributed by atoms with van der Waals surface area (Å²) in [7, 11) is 1.27. The number of piperidine rings is 1. The number of nitrogens with one attached hydrogen (secondary N) is 2. The molecule has 0 aliphatic carbocycles. The van der Waals surface area contributed by atoms with Gasteiger partial charge in [-0.2, -0.15) is 0 Å². The lowest BCUT2D eigenvalue weighted by Gasteiger charge is -2.21. The van der Waals surface area contributed by atoms with Crippen molar-refractivity contribution >= 4 is 34.3 Å². The minimum Gasteiger partial charge on any atom is -0.464 e. The maximum absolute atomic E-state index is 11.5. The van der Waals surface area contributed by atoms with Crippen LogP contribution in [0.25, 0.3) is 0 Å². The number of ether oxygens (including phenoxy) is 1. The molecule has 1 atom stereocenters. The molecule has 18 heavy (non-hydrogen) atoms. The van der Waals surface area contributed by atoms with E-state index in [-0.39, 0.29) is 17.5 Å². The van der Waals surface area contributed by atoms with E-state index in [9.17, 15) is 14.4 Å². The van der Waals surface area contributed by atoms with Crippen molar-refractivity contribution in [2.45, 2.75) is 18.9 Å². The number of aromatic nitrogens is 1. The van der Waals surface area contributed by atoms with Gasteiger partial charge in [0.25, 0.3) is 0 Å². The van der Waals surface area contributed by atoms with Crippen molar-refractivity contribution in [3.05, 3.63) is 11.1 Å². The van der Waals surface area contributed by atoms with Crippen LogP contribution >= 0.6 is 11.3 Å². The molecule has 1 fully saturated rings. The SMILES string of the molecule is COC(=O)c1csc(NC2CCC(=O)NC2=O)n1. The summed E-state index contributed by atoms with van der Waals surface area (Å²) in [6.07, 6.45) is 0.705. The fraction of sp³-hybridized carbons (Fsp3) is 0.400. The molecule has 1 aromatic rings. The average Bonchev–Trinajstić information content (AvgIpc) is 2.80. The van der Waals surface area contributed by atoms with Gasteiger partial charge < -0.3 is 10.1 Å². The number of carbonyl (C=O) groups excluding carboxylic acids is 3. The average molecular weight is 269 g/mol. The molecule has 8 heteroatoms. The molecule has 2 N–H and O–H groups in total. The summed E-state index contributed by atoms with van der Waals surface area (Å²) in [5.74, 6) is -1.17. The molecule has 2 amide bonds. The Bertz CT molecular complexity index is 499. The number of amides is 2. The van der Waals surface area contributed by atoms with Crippen LogP contribution in [0.1, 0.15) is 23.3 Å². The summed E-state index contributed by atoms with van der Waals surface area (Å²) in [4.78, 5) is 37.7. The van der Waals surface area contributed by atoms with E-state index in [1.165, 1.54) is 18.4 Å². The minimum atomic E-state index is -0.525. The van der Waals surface area contributed by atoms with Crippen molar-refractivity contribution in [3.63, 3.8) is 0 Å². The summed E-state index contributed by atoms with van der Waals surface area (Å²) in [5.41, 5.74) is 0.192. The van der Waals surface area contributed by atoms with Gasteiger partial charge in [-0.25, -0.2) is 9.78 Å². The van der Waals surface area contributed by atoms with Crippen molar-refractivity contribution in [1.29, 1.82) is 0 Å². The lowest BCUT2D eigenvalue weighted by Crippen LogP contribution is -2.47. The summed E-state index contributed by atoms with van der Waals surface area (Å²) in [6, 6.07) is -0.501. The molecule has 0 bridgehead atoms. The van der Waals surface area contributed by atoms with E-state index >= 15 is 0 Å². The Hall–Kier alpha value is -1.96. The lowest BCUT2D eigenvalue weighted by molar-refractivity contribution is -0.133. The molecule has 7 nitrogen and oxygen atoms in total. The van der Waals surface area contributed by atoms with Crippen LogP contribution in [0.5, 0.6) is 0 Å². The highest BCUT2D eigenvalue weighted by Gasteiger charge is 2.27. The molecule has 1 aromatic heterocycles. The van der Waals surface area contributed by atoms with E-state index < -0.39 is 12.0 Å². The zero-order valence-electron chi connectivity index (χ0n) is 9.56. The van der Waals surface area contributed by atoms with Crippen LogP contribution in [0.3, 0.4) is 0 Å². The number of nitrogens with zero attached hydrogens (tertiary/aromatic N) is 1. The van der Waals surface area contributed by atoms with E-state index in [1.54, 1.807) is 5.38 Å². The van der Waals surface area contributed by atoms with E-state index in [1.807, 2.05) is 0 Å². The minimum absolute atomic E-state index is 0.192. The van der Waals surface area contributed by atoms with Gasteiger partial charge in [0.15, 0.2) is 10.8 Å². The molecule has 1 saturated heterocycles. The Kier molecular flexibility index (Phi) is 3.56. The number of esters is 1. The molecule has 0 saturated carbocycles. The molecule has 1 aliphatic rings. The fourth-order valence-electron chi connectivity index (χ4n) is 1.52. The normalized spacial score (nSPS) is 19.3. The van der Waals surface area contributed by atoms with E-state index in [4.69, 9.17) is 0 Å². The van der Waals surface area contributed by atoms with Crippen LogP contribution in [0.2, 0.25) is 0 Å². The third-order valence-electron chi connectivity index (χ3n) is 2.44. The molecule has 1 aliphatic heterocycles. The molecule has 1 unspecified atom stereocenters. The van der Waals surface area contributed by atoms with Crippen molar-refractivity contribution in [3.8, 4) is 0 Å². The maximum atomic E-state index is 11.5. The van der Waals surface area contributed by atoms with Crippen LogP contribution in [-0.4, -0.2) is 35.9 Å². The van der Waals surface area contributed by atoms with Crippen LogP contribution in [-0.2, 0) is 14.3 Å². The molecular formula is C10H11N3O4S. The van der Waals surface area contributed by atoms with Gasteiger partial charge in [-0.3, -0.25) is 14.9 Å². The summed E-state index contributed by atoms with van der Waals surface area (Å²) in [5, 5.41) is 7.11. The summed E-state index contributed by atoms with van der Waals surface area (Å²) >= 11 is 1.20. The Morgan fingerprint density at radius 1 is 1.61 bits per heavy atom. The highest BCUT2D eigenvalue weighted by Crippen LogP contribution is 2.19. The van der Waals surface area contributed by atoms with Crippen molar-refractivity contribution in [2.24, 2.45) is 0 Å². The first kappa shape index (κ1) is 12.5. The number of anilines is 1. The number of hydrogen-bond donors (Lipinski definition) is 2. The molecule has 2 rings (SSSR count). The van der Waals surface area contributed by atoms with Gasteiger partial charge in [-0.1, -0.05) is 0 Å². The zero-order valence-corrected chi connectivity index (χ0v) is 10.4. The van der Waals surface area contributed by atoms with E-state index in [2.05, 4.69) is 20.4 Å². The smallest absolute Gasteiger partial charge is 0.357 e. The van der Waals surface area contributed by atoms with Gasteiger partial charge in [0.2, 0.25) is 11.8 Å². The summed E-state index contributed by atoms with van der Waals surface area (Å²) < 4.78 is 4.53. The van der Waals surface area contributed by atoms with Gasteiger partial charge in [-0.15, -0.1) is 11.3 Å². The third kappa shape index (κ3) is 2.65. The molecule has 0 radical (unpaired) electrons. The quantitative estimate of drug-likeness (QED) is 0.598. The number of thiazole rings is 1. The third-order valence-corrected chi connectivity index (χ3v) is 3.21. The number of rotatable bonds is 3. The molecule has 96 valence electrons. The highest BCUT2D eigenvalue weighted by molar-refractivity contribution is 7.13. The first-order valence-electron chi connectivity index (χ1n) is 5.24. The fourth-order valence-corrected chi connectivity index (χ4v) is 2.25. The molecule has 2 heterocycles. The molecule has 0 aromatic carbocycles. The van der Waals surface area contributed by atoms with Crippen LogP contribution in [0.4, 0.5) is 5.13 Å². The number of imide groups is 1. The topological polar surface area (TPSA) is 97.4 Å². The number of carbonyl (C=O) groups is 3. The van der Waals surface area contributed by atoms with Crippen molar-refractivity contribution in [2.75, 3.05) is 12.4 Å². The second-order valence-corrected chi connectivity index (χ2v) is 4.54. The Morgan fingerprint density at radius 3 is 3.06 bits per heavy atom. The first-order valence-corrected chi connectivity index (χ1v) is 6.12. The van der Waals surface area contributed by atoms with Crippen LogP contribution < -0.4 is 10.6 Å². The molecular weight excluding hydrogens is 258 g/mol. The second kappa shape index (κ2) is 5.13. The lowest BCUT2D eigenvalue weighted by atomic mass is 10.1. The largest absolute Gasteiger partial charge is 0.464 e. The van der Waals surface area contributed by atoms with Crippen molar-refractivity contribution < 1.29 is 19.1 Å². The van der Waals surface area contributed by atoms with E-state index in [0.717, 1.165) is 0 Å². The van der Waals surface area contributed by atoms with Gasteiger partial charge in [0, 0.05) is 11.8 Å². The monoisotopic (exact) mass is 269 g/mol. The van der Waals surface area contributed by atoms with E-state index in [0.29, 0.717) is 18.0 Å². The Labute approximate surface area is 107 Å². The van der Waals surface area contributed by atoms with Crippen molar-refractivity contribution in [1.82, 2.24) is 10.3 Å².